The van der Waals surface area contributed by atoms with E-state index < -0.39 is 0 Å². The fraction of sp³-hybridized carbons (Fsp3) is 0.273. The Morgan fingerprint density at radius 3 is 2.69 bits per heavy atom. The molecule has 0 aliphatic rings. The van der Waals surface area contributed by atoms with Crippen LogP contribution in [0.1, 0.15) is 17.3 Å². The summed E-state index contributed by atoms with van der Waals surface area (Å²) in [7, 11) is 0. The zero-order chi connectivity index (χ0) is 11.4. The molecular formula is C11H11ClN2OS. The lowest BCUT2D eigenvalue weighted by atomic mass is 10.2. The molecule has 1 aromatic heterocycles. The van der Waals surface area contributed by atoms with Gasteiger partial charge in [0.2, 0.25) is 5.89 Å². The highest BCUT2D eigenvalue weighted by atomic mass is 35.5. The van der Waals surface area contributed by atoms with Crippen molar-refractivity contribution in [3.63, 3.8) is 0 Å². The number of rotatable bonds is 4. The predicted molar refractivity (Wildman–Crippen MR) is 64.6 cm³/mol. The molecule has 0 saturated heterocycles. The van der Waals surface area contributed by atoms with Crippen molar-refractivity contribution in [2.24, 2.45) is 0 Å². The number of nitrogens with zero attached hydrogens (tertiary/aromatic N) is 2. The van der Waals surface area contributed by atoms with Gasteiger partial charge in [-0.3, -0.25) is 0 Å². The van der Waals surface area contributed by atoms with Crippen LogP contribution in [0.25, 0.3) is 0 Å². The topological polar surface area (TPSA) is 38.9 Å². The lowest BCUT2D eigenvalue weighted by Gasteiger charge is -1.98. The van der Waals surface area contributed by atoms with E-state index >= 15 is 0 Å². The van der Waals surface area contributed by atoms with Gasteiger partial charge in [0.25, 0.3) is 0 Å². The number of aryl methyl sites for hydroxylation is 1. The van der Waals surface area contributed by atoms with Gasteiger partial charge in [-0.15, -0.1) is 23.4 Å². The fourth-order valence-corrected chi connectivity index (χ4v) is 2.04. The molecule has 0 aliphatic heterocycles. The number of aromatic nitrogens is 2. The van der Waals surface area contributed by atoms with Crippen LogP contribution in [0.4, 0.5) is 0 Å². The summed E-state index contributed by atoms with van der Waals surface area (Å²) in [5, 5.41) is 3.83. The van der Waals surface area contributed by atoms with Gasteiger partial charge in [-0.1, -0.05) is 22.9 Å². The Kier molecular flexibility index (Phi) is 3.85. The highest BCUT2D eigenvalue weighted by molar-refractivity contribution is 7.98. The molecule has 0 bridgehead atoms. The fourth-order valence-electron chi connectivity index (χ4n) is 1.19. The molecule has 0 aliphatic carbocycles. The summed E-state index contributed by atoms with van der Waals surface area (Å²) in [6.45, 7) is 2.07. The number of benzene rings is 1. The van der Waals surface area contributed by atoms with Gasteiger partial charge in [0.05, 0.1) is 5.75 Å². The first kappa shape index (κ1) is 11.5. The van der Waals surface area contributed by atoms with Gasteiger partial charge in [0, 0.05) is 4.90 Å². The summed E-state index contributed by atoms with van der Waals surface area (Å²) in [4.78, 5) is 5.33. The molecule has 0 N–H and O–H groups in total. The van der Waals surface area contributed by atoms with Gasteiger partial charge in [-0.2, -0.15) is 4.98 Å². The quantitative estimate of drug-likeness (QED) is 0.619. The highest BCUT2D eigenvalue weighted by Gasteiger charge is 2.05. The van der Waals surface area contributed by atoms with Crippen LogP contribution >= 0.6 is 23.4 Å². The van der Waals surface area contributed by atoms with E-state index in [9.17, 15) is 0 Å². The van der Waals surface area contributed by atoms with E-state index in [1.807, 2.05) is 0 Å². The second-order valence-electron chi connectivity index (χ2n) is 3.34. The second kappa shape index (κ2) is 5.37. The van der Waals surface area contributed by atoms with Gasteiger partial charge in [-0.25, -0.2) is 0 Å². The summed E-state index contributed by atoms with van der Waals surface area (Å²) in [5.41, 5.74) is 1.26. The SMILES string of the molecule is Cc1ccc(SCc2noc(CCl)n2)cc1. The molecule has 0 atom stereocenters. The normalized spacial score (nSPS) is 10.6. The standard InChI is InChI=1S/C11H11ClN2OS/c1-8-2-4-9(5-3-8)16-7-10-13-11(6-12)15-14-10/h2-5H,6-7H2,1H3. The second-order valence-corrected chi connectivity index (χ2v) is 4.66. The van der Waals surface area contributed by atoms with Crippen molar-refractivity contribution in [3.8, 4) is 0 Å². The lowest BCUT2D eigenvalue weighted by molar-refractivity contribution is 0.386. The maximum Gasteiger partial charge on any atom is 0.241 e. The third kappa shape index (κ3) is 3.00. The maximum atomic E-state index is 5.57. The Morgan fingerprint density at radius 2 is 2.06 bits per heavy atom. The maximum absolute atomic E-state index is 5.57. The molecule has 0 spiro atoms. The average Bonchev–Trinajstić information content (AvgIpc) is 2.76. The van der Waals surface area contributed by atoms with E-state index in [0.717, 1.165) is 0 Å². The van der Waals surface area contributed by atoms with Crippen LogP contribution in [0.3, 0.4) is 0 Å². The van der Waals surface area contributed by atoms with Crippen LogP contribution in [0.5, 0.6) is 0 Å². The van der Waals surface area contributed by atoms with Crippen molar-refractivity contribution in [3.05, 3.63) is 41.5 Å². The first-order valence-electron chi connectivity index (χ1n) is 4.85. The van der Waals surface area contributed by atoms with Crippen molar-refractivity contribution >= 4 is 23.4 Å². The smallest absolute Gasteiger partial charge is 0.241 e. The Morgan fingerprint density at radius 1 is 1.31 bits per heavy atom. The molecule has 2 rings (SSSR count). The molecule has 3 nitrogen and oxygen atoms in total. The van der Waals surface area contributed by atoms with E-state index in [1.165, 1.54) is 10.5 Å². The third-order valence-electron chi connectivity index (χ3n) is 2.01. The molecule has 0 saturated carbocycles. The van der Waals surface area contributed by atoms with E-state index in [2.05, 4.69) is 41.3 Å². The average molecular weight is 255 g/mol. The van der Waals surface area contributed by atoms with Gasteiger partial charge in [0.1, 0.15) is 5.88 Å². The minimum Gasteiger partial charge on any atom is -0.338 e. The van der Waals surface area contributed by atoms with E-state index in [-0.39, 0.29) is 5.88 Å². The number of thioether (sulfide) groups is 1. The van der Waals surface area contributed by atoms with E-state index in [0.29, 0.717) is 17.5 Å². The lowest BCUT2D eigenvalue weighted by Crippen LogP contribution is -1.84. The highest BCUT2D eigenvalue weighted by Crippen LogP contribution is 2.21. The Bertz CT molecular complexity index is 455. The van der Waals surface area contributed by atoms with Gasteiger partial charge in [0.15, 0.2) is 5.82 Å². The molecule has 84 valence electrons. The number of hydrogen-bond acceptors (Lipinski definition) is 4. The minimum absolute atomic E-state index is 0.266. The van der Waals surface area contributed by atoms with Gasteiger partial charge in [-0.05, 0) is 19.1 Å². The van der Waals surface area contributed by atoms with Crippen LogP contribution in [0.15, 0.2) is 33.7 Å². The van der Waals surface area contributed by atoms with Crippen molar-refractivity contribution < 1.29 is 4.52 Å². The summed E-state index contributed by atoms with van der Waals surface area (Å²) in [6.07, 6.45) is 0. The number of alkyl halides is 1. The van der Waals surface area contributed by atoms with Crippen molar-refractivity contribution in [1.82, 2.24) is 10.1 Å². The molecule has 0 amide bonds. The summed E-state index contributed by atoms with van der Waals surface area (Å²) in [5.74, 6) is 2.12. The molecule has 16 heavy (non-hydrogen) atoms. The monoisotopic (exact) mass is 254 g/mol. The molecule has 0 unspecified atom stereocenters. The van der Waals surface area contributed by atoms with Gasteiger partial charge >= 0.3 is 0 Å². The zero-order valence-electron chi connectivity index (χ0n) is 8.81. The first-order valence-corrected chi connectivity index (χ1v) is 6.37. The van der Waals surface area contributed by atoms with Crippen LogP contribution in [-0.2, 0) is 11.6 Å². The van der Waals surface area contributed by atoms with Crippen molar-refractivity contribution in [1.29, 1.82) is 0 Å². The van der Waals surface area contributed by atoms with Crippen LogP contribution in [-0.4, -0.2) is 10.1 Å². The number of hydrogen-bond donors (Lipinski definition) is 0. The van der Waals surface area contributed by atoms with E-state index in [4.69, 9.17) is 16.1 Å². The Hall–Kier alpha value is -1.00. The third-order valence-corrected chi connectivity index (χ3v) is 3.25. The summed E-state index contributed by atoms with van der Waals surface area (Å²) >= 11 is 7.25. The van der Waals surface area contributed by atoms with Crippen LogP contribution in [0.2, 0.25) is 0 Å². The summed E-state index contributed by atoms with van der Waals surface area (Å²) < 4.78 is 4.91. The summed E-state index contributed by atoms with van der Waals surface area (Å²) in [6, 6.07) is 8.34. The van der Waals surface area contributed by atoms with E-state index in [1.54, 1.807) is 11.8 Å². The Balaban J connectivity index is 1.94. The number of halogens is 1. The zero-order valence-corrected chi connectivity index (χ0v) is 10.4. The molecule has 1 aromatic carbocycles. The molecule has 2 aromatic rings. The predicted octanol–water partition coefficient (Wildman–Crippen LogP) is 3.41. The minimum atomic E-state index is 0.266. The first-order chi connectivity index (χ1) is 7.78. The molecule has 5 heteroatoms. The largest absolute Gasteiger partial charge is 0.338 e. The molecular weight excluding hydrogens is 244 g/mol. The van der Waals surface area contributed by atoms with Crippen molar-refractivity contribution in [2.45, 2.75) is 23.5 Å². The molecule has 0 fully saturated rings. The van der Waals surface area contributed by atoms with Crippen LogP contribution < -0.4 is 0 Å². The molecule has 0 radical (unpaired) electrons. The van der Waals surface area contributed by atoms with Gasteiger partial charge < -0.3 is 4.52 Å². The molecule has 1 heterocycles. The Labute approximate surface area is 103 Å². The van der Waals surface area contributed by atoms with Crippen LogP contribution in [0, 0.1) is 6.92 Å². The van der Waals surface area contributed by atoms with Crippen molar-refractivity contribution in [2.75, 3.05) is 0 Å².